The summed E-state index contributed by atoms with van der Waals surface area (Å²) >= 11 is 1.72. The molecular weight excluding hydrogens is 504 g/mol. The standard InChI is InChI=1S/C28H36N4O5S/c1-17(20-7-4-11-32(20)2)36-26-19-14-35-16-27(10-12-34-15-27)23(19)29-25(30-26)22-18-6-3-9-28(24(18)37-31-22)21(33)8-5-13-38-28/h17,20H,3-16H2,1-2H3/t17-,20-,27+,28-/m0/s1. The quantitative estimate of drug-likeness (QED) is 0.569. The number of ketones is 1. The van der Waals surface area contributed by atoms with Crippen LogP contribution in [-0.2, 0) is 37.5 Å². The van der Waals surface area contributed by atoms with Gasteiger partial charge < -0.3 is 18.7 Å². The Bertz CT molecular complexity index is 1240. The molecular formula is C28H36N4O5S. The molecule has 6 heterocycles. The lowest BCUT2D eigenvalue weighted by Gasteiger charge is -2.36. The minimum atomic E-state index is -0.611. The maximum absolute atomic E-state index is 13.2. The molecule has 1 aliphatic carbocycles. The van der Waals surface area contributed by atoms with Crippen LogP contribution in [0.3, 0.4) is 0 Å². The van der Waals surface area contributed by atoms with E-state index in [1.54, 1.807) is 11.8 Å². The second-order valence-electron chi connectivity index (χ2n) is 11.7. The molecule has 0 radical (unpaired) electrons. The molecule has 3 fully saturated rings. The Kier molecular flexibility index (Phi) is 6.29. The van der Waals surface area contributed by atoms with Crippen molar-refractivity contribution in [2.75, 3.05) is 39.2 Å². The number of ether oxygens (including phenoxy) is 3. The zero-order valence-electron chi connectivity index (χ0n) is 22.3. The van der Waals surface area contributed by atoms with Gasteiger partial charge >= 0.3 is 0 Å². The van der Waals surface area contributed by atoms with E-state index < -0.39 is 4.75 Å². The van der Waals surface area contributed by atoms with Crippen molar-refractivity contribution in [2.45, 2.75) is 87.2 Å². The number of carbonyl (C=O) groups is 1. The van der Waals surface area contributed by atoms with Gasteiger partial charge in [-0.1, -0.05) is 5.16 Å². The molecule has 2 aromatic heterocycles. The third kappa shape index (κ3) is 3.85. The van der Waals surface area contributed by atoms with Crippen LogP contribution in [0.4, 0.5) is 0 Å². The maximum atomic E-state index is 13.2. The summed E-state index contributed by atoms with van der Waals surface area (Å²) in [7, 11) is 2.16. The van der Waals surface area contributed by atoms with Crippen LogP contribution in [0, 0.1) is 0 Å². The number of Topliss-reactive ketones (excluding diaryl/α,β-unsaturated/α-hetero) is 1. The number of nitrogens with zero attached hydrogens (tertiary/aromatic N) is 4. The zero-order chi connectivity index (χ0) is 25.9. The van der Waals surface area contributed by atoms with Gasteiger partial charge in [-0.2, -0.15) is 4.98 Å². The number of carbonyl (C=O) groups excluding carboxylic acids is 1. The van der Waals surface area contributed by atoms with Crippen LogP contribution in [-0.4, -0.2) is 77.1 Å². The summed E-state index contributed by atoms with van der Waals surface area (Å²) in [6, 6.07) is 0.339. The van der Waals surface area contributed by atoms with Crippen molar-refractivity contribution in [2.24, 2.45) is 0 Å². The number of likely N-dealkylation sites (N-methyl/N-ethyl adjacent to an activating group) is 1. The van der Waals surface area contributed by atoms with Crippen LogP contribution < -0.4 is 4.74 Å². The first-order chi connectivity index (χ1) is 18.5. The van der Waals surface area contributed by atoms with E-state index in [9.17, 15) is 4.79 Å². The molecule has 5 aliphatic rings. The van der Waals surface area contributed by atoms with Gasteiger partial charge in [0.2, 0.25) is 5.88 Å². The molecule has 204 valence electrons. The highest BCUT2D eigenvalue weighted by Crippen LogP contribution is 2.52. The predicted octanol–water partition coefficient (Wildman–Crippen LogP) is 3.81. The van der Waals surface area contributed by atoms with Gasteiger partial charge in [0, 0.05) is 24.6 Å². The largest absolute Gasteiger partial charge is 0.473 e. The Morgan fingerprint density at radius 2 is 2.00 bits per heavy atom. The molecule has 0 unspecified atom stereocenters. The van der Waals surface area contributed by atoms with Gasteiger partial charge in [-0.15, -0.1) is 11.8 Å². The monoisotopic (exact) mass is 540 g/mol. The average Bonchev–Trinajstić information content (AvgIpc) is 3.67. The van der Waals surface area contributed by atoms with E-state index in [4.69, 9.17) is 28.7 Å². The van der Waals surface area contributed by atoms with E-state index >= 15 is 0 Å². The number of thioether (sulfide) groups is 1. The van der Waals surface area contributed by atoms with Crippen LogP contribution in [0.5, 0.6) is 5.88 Å². The first-order valence-electron chi connectivity index (χ1n) is 14.1. The van der Waals surface area contributed by atoms with Gasteiger partial charge in [-0.3, -0.25) is 9.69 Å². The Morgan fingerprint density at radius 3 is 2.79 bits per heavy atom. The van der Waals surface area contributed by atoms with Crippen LogP contribution in [0.1, 0.15) is 74.5 Å². The Morgan fingerprint density at radius 1 is 1.11 bits per heavy atom. The molecule has 9 nitrogen and oxygen atoms in total. The lowest BCUT2D eigenvalue weighted by molar-refractivity contribution is -0.122. The number of aromatic nitrogens is 3. The van der Waals surface area contributed by atoms with Crippen molar-refractivity contribution in [1.29, 1.82) is 0 Å². The lowest BCUT2D eigenvalue weighted by Crippen LogP contribution is -2.41. The van der Waals surface area contributed by atoms with Crippen LogP contribution in [0.25, 0.3) is 11.5 Å². The molecule has 3 saturated heterocycles. The molecule has 2 aromatic rings. The van der Waals surface area contributed by atoms with Gasteiger partial charge in [0.05, 0.1) is 36.5 Å². The molecule has 0 amide bonds. The summed E-state index contributed by atoms with van der Waals surface area (Å²) in [4.78, 5) is 25.7. The van der Waals surface area contributed by atoms with E-state index in [0.717, 1.165) is 73.4 Å². The maximum Gasteiger partial charge on any atom is 0.223 e. The fourth-order valence-electron chi connectivity index (χ4n) is 7.17. The highest BCUT2D eigenvalue weighted by Gasteiger charge is 2.50. The Balaban J connectivity index is 1.33. The van der Waals surface area contributed by atoms with E-state index in [1.165, 1.54) is 6.42 Å². The van der Waals surface area contributed by atoms with Crippen LogP contribution in [0.2, 0.25) is 0 Å². The second-order valence-corrected chi connectivity index (χ2v) is 13.1. The number of rotatable bonds is 4. The number of hydrogen-bond acceptors (Lipinski definition) is 10. The first-order valence-corrected chi connectivity index (χ1v) is 15.1. The summed E-state index contributed by atoms with van der Waals surface area (Å²) in [5.41, 5.74) is 3.20. The van der Waals surface area contributed by atoms with Crippen molar-refractivity contribution in [3.8, 4) is 17.4 Å². The van der Waals surface area contributed by atoms with Crippen molar-refractivity contribution >= 4 is 17.5 Å². The third-order valence-electron chi connectivity index (χ3n) is 9.29. The molecule has 0 N–H and O–H groups in total. The van der Waals surface area contributed by atoms with Gasteiger partial charge in [-0.25, -0.2) is 4.98 Å². The summed E-state index contributed by atoms with van der Waals surface area (Å²) in [6.07, 6.45) is 7.17. The highest BCUT2D eigenvalue weighted by molar-refractivity contribution is 8.01. The van der Waals surface area contributed by atoms with Crippen molar-refractivity contribution in [1.82, 2.24) is 20.0 Å². The Labute approximate surface area is 227 Å². The minimum absolute atomic E-state index is 0.0298. The van der Waals surface area contributed by atoms with Crippen LogP contribution >= 0.6 is 11.8 Å². The highest BCUT2D eigenvalue weighted by atomic mass is 32.2. The van der Waals surface area contributed by atoms with E-state index in [0.29, 0.717) is 56.3 Å². The summed E-state index contributed by atoms with van der Waals surface area (Å²) in [5, 5.41) is 4.53. The summed E-state index contributed by atoms with van der Waals surface area (Å²) in [6.45, 7) is 5.46. The zero-order valence-corrected chi connectivity index (χ0v) is 23.1. The molecule has 10 heteroatoms. The average molecular weight is 541 g/mol. The number of hydrogen-bond donors (Lipinski definition) is 0. The van der Waals surface area contributed by atoms with Gasteiger partial charge in [-0.05, 0) is 71.2 Å². The SMILES string of the molecule is C[C@H](Oc1nc(-c2noc3c2CCC[C@@]32SCCCC2=O)nc2c1COC[C@]21CCOC1)[C@@H]1CCCN1C. The molecule has 0 aromatic carbocycles. The van der Waals surface area contributed by atoms with Gasteiger partial charge in [0.25, 0.3) is 0 Å². The van der Waals surface area contributed by atoms with Crippen LogP contribution in [0.15, 0.2) is 4.52 Å². The predicted molar refractivity (Wildman–Crippen MR) is 141 cm³/mol. The third-order valence-corrected chi connectivity index (χ3v) is 10.9. The second kappa shape index (κ2) is 9.57. The Hall–Kier alpha value is -2.01. The van der Waals surface area contributed by atoms with E-state index in [1.807, 2.05) is 0 Å². The first kappa shape index (κ1) is 25.0. The minimum Gasteiger partial charge on any atom is -0.473 e. The van der Waals surface area contributed by atoms with Crippen molar-refractivity contribution < 1.29 is 23.5 Å². The summed E-state index contributed by atoms with van der Waals surface area (Å²) in [5.74, 6) is 3.05. The molecule has 4 atom stereocenters. The topological polar surface area (TPSA) is 99.8 Å². The van der Waals surface area contributed by atoms with E-state index in [-0.39, 0.29) is 17.3 Å². The molecule has 0 bridgehead atoms. The number of fused-ring (bicyclic) bond motifs is 4. The van der Waals surface area contributed by atoms with E-state index in [2.05, 4.69) is 24.0 Å². The smallest absolute Gasteiger partial charge is 0.223 e. The van der Waals surface area contributed by atoms with Crippen molar-refractivity contribution in [3.63, 3.8) is 0 Å². The molecule has 7 rings (SSSR count). The number of likely N-dealkylation sites (tertiary alicyclic amines) is 1. The molecule has 4 aliphatic heterocycles. The fourth-order valence-corrected chi connectivity index (χ4v) is 8.65. The normalized spacial score (nSPS) is 32.1. The van der Waals surface area contributed by atoms with Crippen molar-refractivity contribution in [3.05, 3.63) is 22.6 Å². The van der Waals surface area contributed by atoms with Gasteiger partial charge in [0.1, 0.15) is 10.9 Å². The lowest BCUT2D eigenvalue weighted by atomic mass is 9.80. The summed E-state index contributed by atoms with van der Waals surface area (Å²) < 4.78 is 24.0. The molecule has 0 saturated carbocycles. The molecule has 2 spiro atoms. The van der Waals surface area contributed by atoms with Gasteiger partial charge in [0.15, 0.2) is 23.1 Å². The fraction of sp³-hybridized carbons (Fsp3) is 0.714. The molecule has 38 heavy (non-hydrogen) atoms.